The van der Waals surface area contributed by atoms with Gasteiger partial charge in [-0.15, -0.1) is 0 Å². The van der Waals surface area contributed by atoms with Crippen molar-refractivity contribution in [2.24, 2.45) is 11.3 Å². The van der Waals surface area contributed by atoms with Gasteiger partial charge >= 0.3 is 13.7 Å². The predicted molar refractivity (Wildman–Crippen MR) is 130 cm³/mol. The molecule has 12 nitrogen and oxygen atoms in total. The number of anilines is 1. The first-order chi connectivity index (χ1) is 16.7. The van der Waals surface area contributed by atoms with E-state index in [2.05, 4.69) is 33.9 Å². The van der Waals surface area contributed by atoms with E-state index in [1.807, 2.05) is 0 Å². The molecule has 2 aromatic rings. The zero-order valence-corrected chi connectivity index (χ0v) is 21.2. The third-order valence-electron chi connectivity index (χ3n) is 6.41. The van der Waals surface area contributed by atoms with E-state index in [0.29, 0.717) is 24.6 Å². The van der Waals surface area contributed by atoms with Gasteiger partial charge in [0.15, 0.2) is 11.2 Å². The molecule has 13 heteroatoms. The lowest BCUT2D eigenvalue weighted by Gasteiger charge is -2.30. The molecule has 1 aliphatic carbocycles. The van der Waals surface area contributed by atoms with Crippen molar-refractivity contribution in [1.82, 2.24) is 24.6 Å². The predicted octanol–water partition coefficient (Wildman–Crippen LogP) is 2.83. The van der Waals surface area contributed by atoms with Crippen LogP contribution in [0.25, 0.3) is 17.4 Å². The standard InChI is InChI=1S/C22H33N6O6P/c1-4-6-15(7-5-2)10-32-20(30)14(3)27-35(31)33-11-22(12-34-35)8-16(22)9-28-13-24-17-18(28)25-21(23)26-19(17)29/h9,13-15H,4-8,10-12H2,1-3H3,(H,27,31)(H3,23,25,26,29)/b16-9-/t14-,22?,35?/m0/s1. The number of imidazole rings is 1. The summed E-state index contributed by atoms with van der Waals surface area (Å²) in [6, 6.07) is -0.833. The topological polar surface area (TPSA) is 163 Å². The Labute approximate surface area is 203 Å². The van der Waals surface area contributed by atoms with Crippen LogP contribution in [-0.4, -0.2) is 51.4 Å². The minimum absolute atomic E-state index is 0.00315. The van der Waals surface area contributed by atoms with Gasteiger partial charge < -0.3 is 10.5 Å². The smallest absolute Gasteiger partial charge is 0.406 e. The maximum atomic E-state index is 13.0. The molecule has 1 saturated heterocycles. The first kappa shape index (κ1) is 25.6. The highest BCUT2D eigenvalue weighted by Crippen LogP contribution is 2.62. The Bertz CT molecular complexity index is 1200. The molecule has 4 rings (SSSR count). The van der Waals surface area contributed by atoms with E-state index in [1.165, 1.54) is 6.33 Å². The number of rotatable bonds is 10. The van der Waals surface area contributed by atoms with Gasteiger partial charge in [0.05, 0.1) is 19.8 Å². The van der Waals surface area contributed by atoms with Crippen LogP contribution in [0, 0.1) is 11.3 Å². The van der Waals surface area contributed by atoms with E-state index in [9.17, 15) is 14.2 Å². The summed E-state index contributed by atoms with van der Waals surface area (Å²) in [6.45, 7) is 6.49. The molecule has 0 bridgehead atoms. The van der Waals surface area contributed by atoms with Crippen molar-refractivity contribution < 1.29 is 23.1 Å². The number of aromatic nitrogens is 4. The fourth-order valence-electron chi connectivity index (χ4n) is 4.31. The number of nitrogens with one attached hydrogen (secondary N) is 2. The van der Waals surface area contributed by atoms with Crippen LogP contribution in [0.15, 0.2) is 16.7 Å². The Morgan fingerprint density at radius 1 is 1.37 bits per heavy atom. The Hall–Kier alpha value is -2.53. The van der Waals surface area contributed by atoms with E-state index in [0.717, 1.165) is 31.3 Å². The van der Waals surface area contributed by atoms with Gasteiger partial charge in [0, 0.05) is 11.6 Å². The van der Waals surface area contributed by atoms with E-state index in [1.54, 1.807) is 17.7 Å². The summed E-state index contributed by atoms with van der Waals surface area (Å²) in [4.78, 5) is 35.0. The minimum atomic E-state index is -3.66. The second-order valence-corrected chi connectivity index (χ2v) is 11.1. The van der Waals surface area contributed by atoms with Crippen LogP contribution in [0.3, 0.4) is 0 Å². The van der Waals surface area contributed by atoms with Crippen molar-refractivity contribution in [2.45, 2.75) is 58.9 Å². The van der Waals surface area contributed by atoms with E-state index in [4.69, 9.17) is 19.5 Å². The molecule has 0 unspecified atom stereocenters. The number of hydrogen-bond acceptors (Lipinski definition) is 9. The number of nitrogens with zero attached hydrogens (tertiary/aromatic N) is 3. The van der Waals surface area contributed by atoms with Gasteiger partial charge in [-0.3, -0.25) is 28.2 Å². The number of hydrogen-bond donors (Lipinski definition) is 3. The van der Waals surface area contributed by atoms with Crippen LogP contribution in [0.4, 0.5) is 5.95 Å². The fourth-order valence-corrected chi connectivity index (χ4v) is 5.95. The van der Waals surface area contributed by atoms with Crippen LogP contribution >= 0.6 is 7.75 Å². The molecule has 1 aliphatic heterocycles. The highest BCUT2D eigenvalue weighted by Gasteiger charge is 2.55. The molecule has 2 aromatic heterocycles. The Balaban J connectivity index is 1.33. The highest BCUT2D eigenvalue weighted by atomic mass is 31.2. The summed E-state index contributed by atoms with van der Waals surface area (Å²) < 4.78 is 31.3. The van der Waals surface area contributed by atoms with Crippen molar-refractivity contribution in [3.05, 3.63) is 22.3 Å². The molecule has 1 spiro atoms. The number of nitrogens with two attached hydrogens (primary N) is 1. The summed E-state index contributed by atoms with van der Waals surface area (Å²) in [5, 5.41) is 2.69. The normalized spacial score (nSPS) is 26.0. The first-order valence-corrected chi connectivity index (χ1v) is 13.5. The maximum absolute atomic E-state index is 13.0. The lowest BCUT2D eigenvalue weighted by atomic mass is 9.99. The molecule has 0 amide bonds. The van der Waals surface area contributed by atoms with Gasteiger partial charge in [0.2, 0.25) is 5.95 Å². The van der Waals surface area contributed by atoms with Crippen LogP contribution < -0.4 is 16.4 Å². The molecule has 0 aromatic carbocycles. The number of esters is 1. The molecule has 2 fully saturated rings. The van der Waals surface area contributed by atoms with Crippen molar-refractivity contribution in [3.63, 3.8) is 0 Å². The van der Waals surface area contributed by atoms with Gasteiger partial charge in [-0.2, -0.15) is 4.98 Å². The van der Waals surface area contributed by atoms with Gasteiger partial charge in [0.1, 0.15) is 12.4 Å². The molecule has 35 heavy (non-hydrogen) atoms. The second kappa shape index (κ2) is 10.2. The Morgan fingerprint density at radius 2 is 2.06 bits per heavy atom. The highest BCUT2D eigenvalue weighted by molar-refractivity contribution is 7.51. The number of nitrogen functional groups attached to an aromatic ring is 1. The zero-order valence-electron chi connectivity index (χ0n) is 20.3. The lowest BCUT2D eigenvalue weighted by Crippen LogP contribution is -2.38. The zero-order chi connectivity index (χ0) is 25.2. The Kier molecular flexibility index (Phi) is 7.46. The largest absolute Gasteiger partial charge is 0.464 e. The first-order valence-electron chi connectivity index (χ1n) is 12.0. The summed E-state index contributed by atoms with van der Waals surface area (Å²) in [6.07, 6.45) is 8.03. The average Bonchev–Trinajstić information content (AvgIpc) is 3.32. The molecule has 3 heterocycles. The molecule has 2 aliphatic rings. The van der Waals surface area contributed by atoms with E-state index < -0.39 is 30.7 Å². The van der Waals surface area contributed by atoms with Gasteiger partial charge in [-0.25, -0.2) is 14.6 Å². The quantitative estimate of drug-likeness (QED) is 0.321. The SMILES string of the molecule is CCCC(CCC)COC(=O)[C@H](C)NP1(=O)OCC2(CO1)C/C2=C/n1cnc2c(=O)[nH]c(N)nc21. The van der Waals surface area contributed by atoms with Crippen molar-refractivity contribution >= 4 is 37.0 Å². The van der Waals surface area contributed by atoms with Crippen molar-refractivity contribution in [1.29, 1.82) is 0 Å². The van der Waals surface area contributed by atoms with Crippen molar-refractivity contribution in [3.8, 4) is 0 Å². The maximum Gasteiger partial charge on any atom is 0.406 e. The molecular weight excluding hydrogens is 475 g/mol. The molecule has 192 valence electrons. The van der Waals surface area contributed by atoms with Crippen LogP contribution in [-0.2, 0) is 23.1 Å². The van der Waals surface area contributed by atoms with Crippen molar-refractivity contribution in [2.75, 3.05) is 25.6 Å². The average molecular weight is 509 g/mol. The third kappa shape index (κ3) is 5.66. The van der Waals surface area contributed by atoms with Gasteiger partial charge in [0.25, 0.3) is 5.56 Å². The Morgan fingerprint density at radius 3 is 2.71 bits per heavy atom. The number of fused-ring (bicyclic) bond motifs is 1. The lowest BCUT2D eigenvalue weighted by molar-refractivity contribution is -0.147. The van der Waals surface area contributed by atoms with Crippen LogP contribution in [0.5, 0.6) is 0 Å². The molecule has 1 saturated carbocycles. The molecule has 0 radical (unpaired) electrons. The molecular formula is C22H33N6O6P. The van der Waals surface area contributed by atoms with Crippen LogP contribution in [0.1, 0.15) is 52.9 Å². The van der Waals surface area contributed by atoms with E-state index in [-0.39, 0.29) is 24.7 Å². The summed E-state index contributed by atoms with van der Waals surface area (Å²) in [5.41, 5.74) is 6.33. The third-order valence-corrected chi connectivity index (χ3v) is 8.05. The number of H-pyrrole nitrogens is 1. The summed E-state index contributed by atoms with van der Waals surface area (Å²) in [5.74, 6) is -0.147. The molecule has 4 N–H and O–H groups in total. The molecule has 1 atom stereocenters. The summed E-state index contributed by atoms with van der Waals surface area (Å²) >= 11 is 0. The van der Waals surface area contributed by atoms with Gasteiger partial charge in [-0.1, -0.05) is 26.7 Å². The second-order valence-electron chi connectivity index (χ2n) is 9.36. The number of aromatic amines is 1. The fraction of sp³-hybridized carbons (Fsp3) is 0.636. The monoisotopic (exact) mass is 508 g/mol. The van der Waals surface area contributed by atoms with E-state index >= 15 is 0 Å². The summed E-state index contributed by atoms with van der Waals surface area (Å²) in [7, 11) is -3.66. The number of carbonyl (C=O) groups excluding carboxylic acids is 1. The number of ether oxygens (including phenoxy) is 1. The number of carbonyl (C=O) groups is 1. The van der Waals surface area contributed by atoms with Gasteiger partial charge in [-0.05, 0) is 37.7 Å². The minimum Gasteiger partial charge on any atom is -0.464 e. The van der Waals surface area contributed by atoms with Crippen LogP contribution in [0.2, 0.25) is 0 Å².